The van der Waals surface area contributed by atoms with Crippen molar-refractivity contribution in [3.8, 4) is 0 Å². The summed E-state index contributed by atoms with van der Waals surface area (Å²) in [5.41, 5.74) is 13.0. The van der Waals surface area contributed by atoms with Crippen LogP contribution in [0.5, 0.6) is 0 Å². The number of aliphatic hydroxyl groups is 1. The fourth-order valence-electron chi connectivity index (χ4n) is 5.31. The number of hydrogen-bond acceptors (Lipinski definition) is 13. The van der Waals surface area contributed by atoms with E-state index < -0.39 is 0 Å². The Labute approximate surface area is 289 Å². The summed E-state index contributed by atoms with van der Waals surface area (Å²) in [5, 5.41) is 22.2. The molecule has 6 rings (SSSR count). The summed E-state index contributed by atoms with van der Waals surface area (Å²) in [7, 11) is 3.37. The summed E-state index contributed by atoms with van der Waals surface area (Å²) in [5.74, 6) is 0.963. The van der Waals surface area contributed by atoms with Crippen molar-refractivity contribution in [1.82, 2.24) is 39.9 Å². The maximum absolute atomic E-state index is 9.22. The number of methoxy groups -OCH3 is 2. The number of H-pyrrole nitrogens is 1. The molecule has 15 nitrogen and oxygen atoms in total. The molecule has 0 aliphatic heterocycles. The number of nitrogen functional groups attached to an aromatic ring is 2. The zero-order chi connectivity index (χ0) is 32.2. The number of rotatable bonds is 9. The topological polar surface area (TPSA) is 207 Å². The van der Waals surface area contributed by atoms with Crippen LogP contribution >= 0.6 is 45.2 Å². The molecule has 4 aromatic rings. The number of ether oxygens (including phenoxy) is 4. The van der Waals surface area contributed by atoms with Gasteiger partial charge >= 0.3 is 0 Å². The summed E-state index contributed by atoms with van der Waals surface area (Å²) in [4.78, 5) is 16.2. The average molecular weight is 853 g/mol. The van der Waals surface area contributed by atoms with Crippen LogP contribution in [0.4, 0.5) is 11.6 Å². The number of aromatic nitrogens is 8. The number of nitrogens with one attached hydrogen (secondary N) is 1. The zero-order valence-corrected chi connectivity index (χ0v) is 29.9. The van der Waals surface area contributed by atoms with Crippen LogP contribution in [0.25, 0.3) is 22.1 Å². The first-order chi connectivity index (χ1) is 21.8. The minimum Gasteiger partial charge on any atom is -0.393 e. The van der Waals surface area contributed by atoms with Crippen molar-refractivity contribution in [2.75, 3.05) is 52.1 Å². The van der Waals surface area contributed by atoms with E-state index in [1.807, 2.05) is 4.68 Å². The Hall–Kier alpha value is -2.04. The van der Waals surface area contributed by atoms with Gasteiger partial charge in [0.1, 0.15) is 31.7 Å². The summed E-state index contributed by atoms with van der Waals surface area (Å²) < 4.78 is 25.0. The second-order valence-electron chi connectivity index (χ2n) is 10.8. The van der Waals surface area contributed by atoms with Gasteiger partial charge in [-0.3, -0.25) is 5.10 Å². The van der Waals surface area contributed by atoms with Crippen LogP contribution in [-0.4, -0.2) is 104 Å². The number of anilines is 2. The first-order valence-electron chi connectivity index (χ1n) is 15.0. The molecule has 0 aromatic carbocycles. The van der Waals surface area contributed by atoms with Crippen molar-refractivity contribution in [2.45, 2.75) is 75.7 Å². The highest BCUT2D eigenvalue weighted by molar-refractivity contribution is 14.1. The predicted molar refractivity (Wildman–Crippen MR) is 186 cm³/mol. The predicted octanol–water partition coefficient (Wildman–Crippen LogP) is 3.65. The summed E-state index contributed by atoms with van der Waals surface area (Å²) in [6.07, 6.45) is 11.4. The number of nitrogens with two attached hydrogens (primary N) is 2. The van der Waals surface area contributed by atoms with Crippen molar-refractivity contribution in [3.63, 3.8) is 0 Å². The molecule has 4 heterocycles. The molecule has 2 aliphatic rings. The molecule has 2 aliphatic carbocycles. The van der Waals surface area contributed by atoms with E-state index in [0.717, 1.165) is 75.2 Å². The van der Waals surface area contributed by atoms with Crippen molar-refractivity contribution >= 4 is 78.9 Å². The number of aliphatic hydroxyl groups excluding tert-OH is 1. The van der Waals surface area contributed by atoms with Gasteiger partial charge in [0.2, 0.25) is 0 Å². The van der Waals surface area contributed by atoms with E-state index >= 15 is 0 Å². The van der Waals surface area contributed by atoms with Crippen LogP contribution in [-0.2, 0) is 18.9 Å². The van der Waals surface area contributed by atoms with E-state index in [4.69, 9.17) is 30.4 Å². The van der Waals surface area contributed by atoms with Gasteiger partial charge in [-0.1, -0.05) is 0 Å². The monoisotopic (exact) mass is 852 g/mol. The summed E-state index contributed by atoms with van der Waals surface area (Å²) in [6, 6.07) is 0.350. The number of fused-ring (bicyclic) bond motifs is 2. The fourth-order valence-corrected chi connectivity index (χ4v) is 6.70. The Bertz CT molecular complexity index is 1460. The normalized spacial score (nSPS) is 21.6. The molecule has 0 amide bonds. The Morgan fingerprint density at radius 1 is 0.800 bits per heavy atom. The average Bonchev–Trinajstić information content (AvgIpc) is 3.60. The SMILES string of the molecule is COCCOC1CCC(O)CC1.COCCOC1CCC(n2nc(I)c3c(N)ncnc32)CC1.Nc1ncnc2n[nH]c(I)c12. The molecule has 6 N–H and O–H groups in total. The second-order valence-corrected chi connectivity index (χ2v) is 12.9. The maximum Gasteiger partial charge on any atom is 0.187 e. The highest BCUT2D eigenvalue weighted by Gasteiger charge is 2.26. The molecule has 0 spiro atoms. The molecule has 4 aromatic heterocycles. The van der Waals surface area contributed by atoms with E-state index in [2.05, 4.69) is 80.4 Å². The summed E-state index contributed by atoms with van der Waals surface area (Å²) in [6.45, 7) is 2.66. The molecule has 2 saturated carbocycles. The third-order valence-electron chi connectivity index (χ3n) is 7.73. The molecule has 0 radical (unpaired) electrons. The van der Waals surface area contributed by atoms with Gasteiger partial charge in [0.25, 0.3) is 0 Å². The Morgan fingerprint density at radius 2 is 1.36 bits per heavy atom. The highest BCUT2D eigenvalue weighted by Crippen LogP contribution is 2.33. The third kappa shape index (κ3) is 10.2. The van der Waals surface area contributed by atoms with Gasteiger partial charge in [0.15, 0.2) is 11.3 Å². The van der Waals surface area contributed by atoms with E-state index in [0.29, 0.717) is 62.0 Å². The minimum atomic E-state index is -0.0905. The Kier molecular flexibility index (Phi) is 14.6. The smallest absolute Gasteiger partial charge is 0.187 e. The van der Waals surface area contributed by atoms with Crippen LogP contribution in [0.2, 0.25) is 0 Å². The molecular weight excluding hydrogens is 810 g/mol. The second kappa shape index (κ2) is 18.3. The van der Waals surface area contributed by atoms with Crippen LogP contribution < -0.4 is 11.5 Å². The van der Waals surface area contributed by atoms with E-state index in [9.17, 15) is 5.11 Å². The molecular formula is C28H42I2N10O5. The van der Waals surface area contributed by atoms with Crippen LogP contribution in [0.1, 0.15) is 57.4 Å². The van der Waals surface area contributed by atoms with Gasteiger partial charge in [0.05, 0.1) is 61.6 Å². The maximum atomic E-state index is 9.22. The largest absolute Gasteiger partial charge is 0.393 e. The molecule has 0 bridgehead atoms. The first-order valence-corrected chi connectivity index (χ1v) is 17.1. The van der Waals surface area contributed by atoms with E-state index in [-0.39, 0.29) is 6.10 Å². The lowest BCUT2D eigenvalue weighted by molar-refractivity contribution is -0.0216. The van der Waals surface area contributed by atoms with Gasteiger partial charge in [-0.25, -0.2) is 24.6 Å². The zero-order valence-electron chi connectivity index (χ0n) is 25.6. The van der Waals surface area contributed by atoms with Crippen LogP contribution in [0.15, 0.2) is 12.7 Å². The van der Waals surface area contributed by atoms with Crippen molar-refractivity contribution in [3.05, 3.63) is 20.1 Å². The van der Waals surface area contributed by atoms with Crippen molar-refractivity contribution in [1.29, 1.82) is 0 Å². The molecule has 248 valence electrons. The molecule has 17 heteroatoms. The third-order valence-corrected chi connectivity index (χ3v) is 9.26. The standard InChI is InChI=1S/C14H20IN5O2.C9H18O3.C5H4IN5/c1-21-6-7-22-10-4-2-9(3-5-10)20-14-11(12(15)19-20)13(16)17-8-18-14;1-11-6-7-12-9-4-2-8(10)3-5-9;6-3-2-4(7)8-1-9-5(2)11-10-3/h8-10H,2-7H2,1H3,(H2,16,17,18);8-10H,2-7H2,1H3;1H,(H3,7,8,9,10,11). The summed E-state index contributed by atoms with van der Waals surface area (Å²) >= 11 is 4.30. The number of aromatic amines is 1. The number of halogens is 2. The number of hydrogen-bond donors (Lipinski definition) is 4. The van der Waals surface area contributed by atoms with E-state index in [1.54, 1.807) is 14.2 Å². The molecule has 2 fully saturated rings. The molecule has 0 saturated heterocycles. The van der Waals surface area contributed by atoms with Gasteiger partial charge in [-0.05, 0) is 96.5 Å². The molecule has 0 unspecified atom stereocenters. The van der Waals surface area contributed by atoms with E-state index in [1.165, 1.54) is 12.7 Å². The van der Waals surface area contributed by atoms with Crippen LogP contribution in [0.3, 0.4) is 0 Å². The Balaban J connectivity index is 0.000000169. The highest BCUT2D eigenvalue weighted by atomic mass is 127. The number of nitrogens with zero attached hydrogens (tertiary/aromatic N) is 7. The van der Waals surface area contributed by atoms with Gasteiger partial charge < -0.3 is 35.5 Å². The Morgan fingerprint density at radius 3 is 1.93 bits per heavy atom. The fraction of sp³-hybridized carbons (Fsp3) is 0.643. The van der Waals surface area contributed by atoms with Gasteiger partial charge in [0, 0.05) is 14.2 Å². The van der Waals surface area contributed by atoms with Crippen LogP contribution in [0, 0.1) is 7.40 Å². The van der Waals surface area contributed by atoms with Crippen molar-refractivity contribution < 1.29 is 24.1 Å². The minimum absolute atomic E-state index is 0.0905. The lowest BCUT2D eigenvalue weighted by Crippen LogP contribution is -2.25. The van der Waals surface area contributed by atoms with Gasteiger partial charge in [-0.2, -0.15) is 10.2 Å². The lowest BCUT2D eigenvalue weighted by Gasteiger charge is -2.28. The molecule has 45 heavy (non-hydrogen) atoms. The molecule has 0 atom stereocenters. The lowest BCUT2D eigenvalue weighted by atomic mass is 9.93. The first kappa shape index (κ1) is 35.8. The quantitative estimate of drug-likeness (QED) is 0.140. The van der Waals surface area contributed by atoms with Crippen molar-refractivity contribution in [2.24, 2.45) is 0 Å². The van der Waals surface area contributed by atoms with Gasteiger partial charge in [-0.15, -0.1) is 0 Å².